The number of aliphatic hydroxyl groups excluding tert-OH is 1. The first kappa shape index (κ1) is 8.24. The summed E-state index contributed by atoms with van der Waals surface area (Å²) in [4.78, 5) is 0. The average molecular weight is 160 g/mol. The van der Waals surface area contributed by atoms with E-state index in [1.165, 1.54) is 19.3 Å². The van der Waals surface area contributed by atoms with Crippen molar-refractivity contribution in [3.63, 3.8) is 0 Å². The molecule has 3 heteroatoms. The van der Waals surface area contributed by atoms with Crippen LogP contribution in [0.25, 0.3) is 0 Å². The van der Waals surface area contributed by atoms with E-state index in [0.717, 1.165) is 12.7 Å². The molecule has 1 heterocycles. The molecule has 0 aromatic rings. The van der Waals surface area contributed by atoms with Crippen LogP contribution in [-0.4, -0.2) is 33.6 Å². The average Bonchev–Trinajstić information content (AvgIpc) is 2.03. The maximum atomic E-state index is 8.58. The van der Waals surface area contributed by atoms with E-state index in [2.05, 4.69) is 0 Å². The lowest BCUT2D eigenvalue weighted by molar-refractivity contribution is 0.0646. The van der Waals surface area contributed by atoms with Gasteiger partial charge in [-0.2, -0.15) is 0 Å². The molecule has 0 spiro atoms. The molecule has 1 aliphatic heterocycles. The molecule has 1 fully saturated rings. The highest BCUT2D eigenvalue weighted by Gasteiger charge is 2.12. The van der Waals surface area contributed by atoms with Crippen LogP contribution in [0.1, 0.15) is 19.3 Å². The first-order valence-electron chi connectivity index (χ1n) is 4.16. The fourth-order valence-electron chi connectivity index (χ4n) is 1.35. The Hall–Kier alpha value is 0.137. The third-order valence-corrected chi connectivity index (χ3v) is 3.97. The Morgan fingerprint density at radius 2 is 2.40 bits per heavy atom. The van der Waals surface area contributed by atoms with E-state index in [-0.39, 0.29) is 9.52 Å². The Morgan fingerprint density at radius 1 is 1.50 bits per heavy atom. The molecule has 1 saturated heterocycles. The third kappa shape index (κ3) is 2.81. The largest absolute Gasteiger partial charge is 0.397 e. The molecular formula is C7H16O2Si. The summed E-state index contributed by atoms with van der Waals surface area (Å²) in [5, 5.41) is 8.58. The summed E-state index contributed by atoms with van der Waals surface area (Å²) in [6, 6.07) is 1.03. The minimum atomic E-state index is -0.107. The highest BCUT2D eigenvalue weighted by atomic mass is 28.2. The second-order valence-corrected chi connectivity index (χ2v) is 5.05. The van der Waals surface area contributed by atoms with Crippen LogP contribution in [0.3, 0.4) is 0 Å². The lowest BCUT2D eigenvalue weighted by Gasteiger charge is -2.21. The van der Waals surface area contributed by atoms with Gasteiger partial charge in [-0.05, 0) is 25.3 Å². The Labute approximate surface area is 64.4 Å². The fourth-order valence-corrected chi connectivity index (χ4v) is 2.90. The van der Waals surface area contributed by atoms with Crippen LogP contribution < -0.4 is 0 Å². The van der Waals surface area contributed by atoms with E-state index in [1.807, 2.05) is 0 Å². The highest BCUT2D eigenvalue weighted by Crippen LogP contribution is 2.11. The maximum absolute atomic E-state index is 8.58. The standard InChI is InChI=1S/C7H16O2Si/c8-4-6-10-7-3-1-2-5-9-7/h7-8H,1-6,10H2. The van der Waals surface area contributed by atoms with Gasteiger partial charge in [0.05, 0.1) is 9.52 Å². The summed E-state index contributed by atoms with van der Waals surface area (Å²) in [5.41, 5.74) is 0.584. The third-order valence-electron chi connectivity index (χ3n) is 1.96. The van der Waals surface area contributed by atoms with Crippen LogP contribution in [-0.2, 0) is 4.74 Å². The molecule has 1 unspecified atom stereocenters. The SMILES string of the molecule is OCC[SiH2]C1CCCCO1. The van der Waals surface area contributed by atoms with Crippen molar-refractivity contribution in [2.75, 3.05) is 13.2 Å². The first-order valence-corrected chi connectivity index (χ1v) is 5.97. The molecule has 1 aliphatic rings. The van der Waals surface area contributed by atoms with E-state index in [0.29, 0.717) is 12.3 Å². The summed E-state index contributed by atoms with van der Waals surface area (Å²) in [6.45, 7) is 1.33. The molecule has 0 radical (unpaired) electrons. The van der Waals surface area contributed by atoms with Crippen LogP contribution in [0.15, 0.2) is 0 Å². The van der Waals surface area contributed by atoms with Crippen molar-refractivity contribution < 1.29 is 9.84 Å². The van der Waals surface area contributed by atoms with Crippen molar-refractivity contribution in [3.8, 4) is 0 Å². The van der Waals surface area contributed by atoms with E-state index in [1.54, 1.807) is 0 Å². The zero-order valence-electron chi connectivity index (χ0n) is 6.38. The molecule has 1 atom stereocenters. The maximum Gasteiger partial charge on any atom is 0.0578 e. The van der Waals surface area contributed by atoms with Gasteiger partial charge in [0.1, 0.15) is 0 Å². The predicted octanol–water partition coefficient (Wildman–Crippen LogP) is 0.0924. The predicted molar refractivity (Wildman–Crippen MR) is 44.0 cm³/mol. The molecule has 0 saturated carbocycles. The molecule has 1 N–H and O–H groups in total. The normalized spacial score (nSPS) is 27.9. The summed E-state index contributed by atoms with van der Waals surface area (Å²) in [6.07, 6.45) is 3.83. The molecule has 60 valence electrons. The van der Waals surface area contributed by atoms with Crippen molar-refractivity contribution >= 4 is 9.52 Å². The number of hydrogen-bond donors (Lipinski definition) is 1. The molecule has 0 aromatic heterocycles. The zero-order valence-corrected chi connectivity index (χ0v) is 7.80. The van der Waals surface area contributed by atoms with Crippen LogP contribution in [0.2, 0.25) is 6.04 Å². The van der Waals surface area contributed by atoms with E-state index in [9.17, 15) is 0 Å². The molecule has 0 aromatic carbocycles. The number of hydrogen-bond acceptors (Lipinski definition) is 2. The second kappa shape index (κ2) is 4.88. The van der Waals surface area contributed by atoms with Crippen LogP contribution in [0.4, 0.5) is 0 Å². The van der Waals surface area contributed by atoms with Crippen LogP contribution in [0, 0.1) is 0 Å². The fraction of sp³-hybridized carbons (Fsp3) is 1.00. The van der Waals surface area contributed by atoms with Gasteiger partial charge in [-0.25, -0.2) is 0 Å². The summed E-state index contributed by atoms with van der Waals surface area (Å²) in [7, 11) is -0.107. The molecule has 10 heavy (non-hydrogen) atoms. The van der Waals surface area contributed by atoms with E-state index in [4.69, 9.17) is 9.84 Å². The van der Waals surface area contributed by atoms with Gasteiger partial charge in [-0.15, -0.1) is 0 Å². The van der Waals surface area contributed by atoms with Crippen LogP contribution >= 0.6 is 0 Å². The molecule has 0 aliphatic carbocycles. The van der Waals surface area contributed by atoms with Gasteiger partial charge in [0, 0.05) is 18.9 Å². The Bertz CT molecular complexity index is 81.7. The molecule has 2 nitrogen and oxygen atoms in total. The Balaban J connectivity index is 2.02. The van der Waals surface area contributed by atoms with Gasteiger partial charge in [-0.1, -0.05) is 0 Å². The van der Waals surface area contributed by atoms with E-state index < -0.39 is 0 Å². The van der Waals surface area contributed by atoms with Crippen molar-refractivity contribution in [2.45, 2.75) is 31.0 Å². The minimum Gasteiger partial charge on any atom is -0.397 e. The first-order chi connectivity index (χ1) is 4.93. The summed E-state index contributed by atoms with van der Waals surface area (Å²) in [5.74, 6) is 0. The van der Waals surface area contributed by atoms with E-state index >= 15 is 0 Å². The monoisotopic (exact) mass is 160 g/mol. The second-order valence-electron chi connectivity index (χ2n) is 2.85. The Kier molecular flexibility index (Phi) is 4.02. The summed E-state index contributed by atoms with van der Waals surface area (Å²) < 4.78 is 5.53. The lowest BCUT2D eigenvalue weighted by atomic mass is 10.2. The zero-order chi connectivity index (χ0) is 7.23. The van der Waals surface area contributed by atoms with Crippen molar-refractivity contribution in [3.05, 3.63) is 0 Å². The van der Waals surface area contributed by atoms with Gasteiger partial charge in [0.15, 0.2) is 0 Å². The van der Waals surface area contributed by atoms with Crippen LogP contribution in [0.5, 0.6) is 0 Å². The van der Waals surface area contributed by atoms with Crippen molar-refractivity contribution in [1.82, 2.24) is 0 Å². The quantitative estimate of drug-likeness (QED) is 0.593. The Morgan fingerprint density at radius 3 is 3.00 bits per heavy atom. The van der Waals surface area contributed by atoms with Gasteiger partial charge < -0.3 is 9.84 Å². The smallest absolute Gasteiger partial charge is 0.0578 e. The lowest BCUT2D eigenvalue weighted by Crippen LogP contribution is -2.25. The highest BCUT2D eigenvalue weighted by molar-refractivity contribution is 6.37. The van der Waals surface area contributed by atoms with Gasteiger partial charge in [0.2, 0.25) is 0 Å². The van der Waals surface area contributed by atoms with Crippen molar-refractivity contribution in [1.29, 1.82) is 0 Å². The molecule has 0 amide bonds. The van der Waals surface area contributed by atoms with Gasteiger partial charge in [-0.3, -0.25) is 0 Å². The number of aliphatic hydroxyl groups is 1. The van der Waals surface area contributed by atoms with Gasteiger partial charge in [0.25, 0.3) is 0 Å². The minimum absolute atomic E-state index is 0.107. The number of rotatable bonds is 3. The van der Waals surface area contributed by atoms with Crippen molar-refractivity contribution in [2.24, 2.45) is 0 Å². The molecular weight excluding hydrogens is 144 g/mol. The summed E-state index contributed by atoms with van der Waals surface area (Å²) >= 11 is 0. The molecule has 1 rings (SSSR count). The van der Waals surface area contributed by atoms with Gasteiger partial charge >= 0.3 is 0 Å². The topological polar surface area (TPSA) is 29.5 Å². The molecule has 0 bridgehead atoms. The number of ether oxygens (including phenoxy) is 1.